The fourth-order valence-electron chi connectivity index (χ4n) is 3.42. The van der Waals surface area contributed by atoms with Gasteiger partial charge in [-0.3, -0.25) is 4.90 Å². The third-order valence-corrected chi connectivity index (χ3v) is 4.65. The molecule has 1 heterocycles. The van der Waals surface area contributed by atoms with Crippen molar-refractivity contribution in [1.82, 2.24) is 10.2 Å². The van der Waals surface area contributed by atoms with Gasteiger partial charge in [-0.05, 0) is 52.1 Å². The van der Waals surface area contributed by atoms with Crippen LogP contribution in [0.1, 0.15) is 58.8 Å². The van der Waals surface area contributed by atoms with Crippen LogP contribution in [0.4, 0.5) is 0 Å². The van der Waals surface area contributed by atoms with E-state index in [4.69, 9.17) is 0 Å². The molecule has 0 aromatic rings. The fraction of sp³-hybridized carbons (Fsp3) is 1.00. The van der Waals surface area contributed by atoms with Crippen LogP contribution in [-0.2, 0) is 0 Å². The van der Waals surface area contributed by atoms with Gasteiger partial charge in [0.1, 0.15) is 0 Å². The molecule has 1 unspecified atom stereocenters. The van der Waals surface area contributed by atoms with E-state index in [1.807, 2.05) is 0 Å². The normalized spacial score (nSPS) is 27.4. The fourth-order valence-corrected chi connectivity index (χ4v) is 3.42. The molecule has 1 N–H and O–H groups in total. The van der Waals surface area contributed by atoms with Crippen molar-refractivity contribution in [2.45, 2.75) is 70.9 Å². The molecule has 2 heteroatoms. The lowest BCUT2D eigenvalue weighted by Crippen LogP contribution is -2.35. The van der Waals surface area contributed by atoms with E-state index in [0.717, 1.165) is 18.0 Å². The Balaban J connectivity index is 1.51. The predicted molar refractivity (Wildman–Crippen MR) is 74.3 cm³/mol. The highest BCUT2D eigenvalue weighted by Crippen LogP contribution is 2.28. The van der Waals surface area contributed by atoms with Gasteiger partial charge < -0.3 is 5.32 Å². The minimum Gasteiger partial charge on any atom is -0.313 e. The van der Waals surface area contributed by atoms with Crippen molar-refractivity contribution >= 4 is 0 Å². The summed E-state index contributed by atoms with van der Waals surface area (Å²) in [7, 11) is 0. The van der Waals surface area contributed by atoms with Crippen molar-refractivity contribution in [2.75, 3.05) is 19.6 Å². The second-order valence-electron chi connectivity index (χ2n) is 6.32. The van der Waals surface area contributed by atoms with Crippen LogP contribution in [0.5, 0.6) is 0 Å². The molecule has 1 saturated carbocycles. The van der Waals surface area contributed by atoms with Gasteiger partial charge in [0.05, 0.1) is 0 Å². The maximum atomic E-state index is 3.75. The molecule has 2 aliphatic rings. The molecule has 2 nitrogen and oxygen atoms in total. The van der Waals surface area contributed by atoms with E-state index in [1.54, 1.807) is 0 Å². The molecule has 0 amide bonds. The molecule has 0 aromatic carbocycles. The first-order valence-corrected chi connectivity index (χ1v) is 7.73. The summed E-state index contributed by atoms with van der Waals surface area (Å²) in [4.78, 5) is 2.59. The summed E-state index contributed by atoms with van der Waals surface area (Å²) < 4.78 is 0. The van der Waals surface area contributed by atoms with Crippen LogP contribution in [0.15, 0.2) is 0 Å². The Labute approximate surface area is 107 Å². The standard InChI is InChI=1S/C15H30N2/c1-13(2)17-11-9-15(12-17)16-10-5-8-14-6-3-4-7-14/h13-16H,3-12H2,1-2H3. The number of nitrogens with zero attached hydrogens (tertiary/aromatic N) is 1. The molecule has 1 saturated heterocycles. The van der Waals surface area contributed by atoms with Crippen molar-refractivity contribution in [3.63, 3.8) is 0 Å². The molecule has 17 heavy (non-hydrogen) atoms. The van der Waals surface area contributed by atoms with Crippen LogP contribution >= 0.6 is 0 Å². The quantitative estimate of drug-likeness (QED) is 0.716. The predicted octanol–water partition coefficient (Wildman–Crippen LogP) is 3.03. The lowest BCUT2D eigenvalue weighted by molar-refractivity contribution is 0.268. The van der Waals surface area contributed by atoms with Crippen LogP contribution in [-0.4, -0.2) is 36.6 Å². The summed E-state index contributed by atoms with van der Waals surface area (Å²) in [5, 5.41) is 3.75. The third-order valence-electron chi connectivity index (χ3n) is 4.65. The van der Waals surface area contributed by atoms with E-state index in [0.29, 0.717) is 0 Å². The Morgan fingerprint density at radius 2 is 1.94 bits per heavy atom. The first-order chi connectivity index (χ1) is 8.25. The van der Waals surface area contributed by atoms with Gasteiger partial charge in [0.15, 0.2) is 0 Å². The Morgan fingerprint density at radius 3 is 2.59 bits per heavy atom. The van der Waals surface area contributed by atoms with Crippen LogP contribution in [0.25, 0.3) is 0 Å². The average molecular weight is 238 g/mol. The van der Waals surface area contributed by atoms with Crippen molar-refractivity contribution in [2.24, 2.45) is 5.92 Å². The molecule has 0 bridgehead atoms. The molecular formula is C15H30N2. The molecule has 1 atom stereocenters. The Hall–Kier alpha value is -0.0800. The van der Waals surface area contributed by atoms with Crippen LogP contribution in [0.3, 0.4) is 0 Å². The number of hydrogen-bond donors (Lipinski definition) is 1. The third kappa shape index (κ3) is 4.26. The molecule has 0 aromatic heterocycles. The zero-order chi connectivity index (χ0) is 12.1. The van der Waals surface area contributed by atoms with Gasteiger partial charge in [0, 0.05) is 18.6 Å². The first-order valence-electron chi connectivity index (χ1n) is 7.73. The molecule has 100 valence electrons. The summed E-state index contributed by atoms with van der Waals surface area (Å²) in [6.07, 6.45) is 10.2. The zero-order valence-electron chi connectivity index (χ0n) is 11.8. The van der Waals surface area contributed by atoms with Crippen LogP contribution in [0, 0.1) is 5.92 Å². The highest BCUT2D eigenvalue weighted by molar-refractivity contribution is 4.82. The summed E-state index contributed by atoms with van der Waals surface area (Å²) in [6, 6.07) is 1.49. The Bertz CT molecular complexity index is 209. The van der Waals surface area contributed by atoms with Gasteiger partial charge in [-0.15, -0.1) is 0 Å². The summed E-state index contributed by atoms with van der Waals surface area (Å²) >= 11 is 0. The molecule has 2 rings (SSSR count). The van der Waals surface area contributed by atoms with E-state index in [-0.39, 0.29) is 0 Å². The van der Waals surface area contributed by atoms with Gasteiger partial charge in [0.25, 0.3) is 0 Å². The van der Waals surface area contributed by atoms with Gasteiger partial charge in [-0.25, -0.2) is 0 Å². The highest BCUT2D eigenvalue weighted by Gasteiger charge is 2.23. The zero-order valence-corrected chi connectivity index (χ0v) is 11.8. The van der Waals surface area contributed by atoms with Gasteiger partial charge in [-0.1, -0.05) is 25.7 Å². The molecule has 0 spiro atoms. The number of nitrogens with one attached hydrogen (secondary N) is 1. The molecule has 1 aliphatic carbocycles. The molecular weight excluding hydrogens is 208 g/mol. The Kier molecular flexibility index (Phi) is 5.30. The lowest BCUT2D eigenvalue weighted by Gasteiger charge is -2.20. The maximum Gasteiger partial charge on any atom is 0.0207 e. The average Bonchev–Trinajstić information content (AvgIpc) is 2.96. The van der Waals surface area contributed by atoms with Crippen molar-refractivity contribution in [3.8, 4) is 0 Å². The van der Waals surface area contributed by atoms with Crippen molar-refractivity contribution in [1.29, 1.82) is 0 Å². The number of hydrogen-bond acceptors (Lipinski definition) is 2. The van der Waals surface area contributed by atoms with E-state index >= 15 is 0 Å². The summed E-state index contributed by atoms with van der Waals surface area (Å²) in [6.45, 7) is 8.41. The van der Waals surface area contributed by atoms with Crippen molar-refractivity contribution < 1.29 is 0 Å². The van der Waals surface area contributed by atoms with E-state index < -0.39 is 0 Å². The molecule has 0 radical (unpaired) electrons. The minimum absolute atomic E-state index is 0.722. The highest BCUT2D eigenvalue weighted by atomic mass is 15.2. The molecule has 2 fully saturated rings. The van der Waals surface area contributed by atoms with Crippen LogP contribution in [0.2, 0.25) is 0 Å². The largest absolute Gasteiger partial charge is 0.313 e. The van der Waals surface area contributed by atoms with E-state index in [1.165, 1.54) is 64.6 Å². The minimum atomic E-state index is 0.722. The lowest BCUT2D eigenvalue weighted by atomic mass is 10.0. The molecule has 1 aliphatic heterocycles. The van der Waals surface area contributed by atoms with Crippen molar-refractivity contribution in [3.05, 3.63) is 0 Å². The smallest absolute Gasteiger partial charge is 0.0207 e. The van der Waals surface area contributed by atoms with Crippen LogP contribution < -0.4 is 5.32 Å². The Morgan fingerprint density at radius 1 is 1.18 bits per heavy atom. The van der Waals surface area contributed by atoms with Gasteiger partial charge in [-0.2, -0.15) is 0 Å². The monoisotopic (exact) mass is 238 g/mol. The number of rotatable bonds is 6. The second kappa shape index (κ2) is 6.75. The summed E-state index contributed by atoms with van der Waals surface area (Å²) in [5.74, 6) is 1.06. The SMILES string of the molecule is CC(C)N1CCC(NCCCC2CCCC2)C1. The van der Waals surface area contributed by atoms with Gasteiger partial charge >= 0.3 is 0 Å². The van der Waals surface area contributed by atoms with E-state index in [2.05, 4.69) is 24.1 Å². The second-order valence-corrected chi connectivity index (χ2v) is 6.32. The maximum absolute atomic E-state index is 3.75. The topological polar surface area (TPSA) is 15.3 Å². The first kappa shape index (κ1) is 13.4. The number of likely N-dealkylation sites (tertiary alicyclic amines) is 1. The van der Waals surface area contributed by atoms with Gasteiger partial charge in [0.2, 0.25) is 0 Å². The van der Waals surface area contributed by atoms with E-state index in [9.17, 15) is 0 Å². The summed E-state index contributed by atoms with van der Waals surface area (Å²) in [5.41, 5.74) is 0.